The first-order chi connectivity index (χ1) is 8.20. The van der Waals surface area contributed by atoms with Gasteiger partial charge >= 0.3 is 0 Å². The van der Waals surface area contributed by atoms with E-state index >= 15 is 0 Å². The summed E-state index contributed by atoms with van der Waals surface area (Å²) in [6.45, 7) is 0. The van der Waals surface area contributed by atoms with Crippen LogP contribution >= 0.6 is 11.6 Å². The molecule has 0 spiro atoms. The van der Waals surface area contributed by atoms with E-state index in [4.69, 9.17) is 16.9 Å². The Labute approximate surface area is 106 Å². The Kier molecular flexibility index (Phi) is 3.81. The van der Waals surface area contributed by atoms with E-state index in [-0.39, 0.29) is 5.78 Å². The van der Waals surface area contributed by atoms with Crippen LogP contribution in [0.1, 0.15) is 37.2 Å². The molecule has 0 amide bonds. The fourth-order valence-corrected chi connectivity index (χ4v) is 2.32. The second-order valence-electron chi connectivity index (χ2n) is 4.58. The minimum absolute atomic E-state index is 0.0273. The molecule has 1 aromatic carbocycles. The van der Waals surface area contributed by atoms with Gasteiger partial charge in [0.05, 0.1) is 6.07 Å². The van der Waals surface area contributed by atoms with Gasteiger partial charge in [-0.05, 0) is 23.6 Å². The van der Waals surface area contributed by atoms with E-state index in [2.05, 4.69) is 6.07 Å². The van der Waals surface area contributed by atoms with Crippen LogP contribution < -0.4 is 0 Å². The molecule has 0 heterocycles. The van der Waals surface area contributed by atoms with Gasteiger partial charge in [0.15, 0.2) is 5.78 Å². The van der Waals surface area contributed by atoms with E-state index in [0.29, 0.717) is 22.9 Å². The summed E-state index contributed by atoms with van der Waals surface area (Å²) in [6.07, 6.45) is 4.00. The van der Waals surface area contributed by atoms with Crippen molar-refractivity contribution in [3.05, 3.63) is 34.9 Å². The molecule has 88 valence electrons. The molecule has 2 nitrogen and oxygen atoms in total. The van der Waals surface area contributed by atoms with Crippen LogP contribution in [0.2, 0.25) is 5.02 Å². The third-order valence-corrected chi connectivity index (χ3v) is 3.58. The standard InChI is InChI=1S/C14H14ClNO/c15-12-6-2-5-11(8-12)13(9-16)14(17)7-10-3-1-4-10/h2,5-6,8,10,13H,1,3-4,7H2. The largest absolute Gasteiger partial charge is 0.298 e. The van der Waals surface area contributed by atoms with Gasteiger partial charge in [-0.2, -0.15) is 5.26 Å². The molecule has 0 saturated heterocycles. The van der Waals surface area contributed by atoms with Crippen molar-refractivity contribution in [2.24, 2.45) is 5.92 Å². The molecule has 0 bridgehead atoms. The Balaban J connectivity index is 2.10. The maximum Gasteiger partial charge on any atom is 0.154 e. The van der Waals surface area contributed by atoms with Crippen LogP contribution in [0.25, 0.3) is 0 Å². The molecule has 0 aliphatic heterocycles. The molecule has 1 aromatic rings. The topological polar surface area (TPSA) is 40.9 Å². The van der Waals surface area contributed by atoms with Crippen molar-refractivity contribution in [1.29, 1.82) is 5.26 Å². The third-order valence-electron chi connectivity index (χ3n) is 3.35. The minimum Gasteiger partial charge on any atom is -0.298 e. The van der Waals surface area contributed by atoms with Crippen LogP contribution in [0.5, 0.6) is 0 Å². The van der Waals surface area contributed by atoms with Crippen LogP contribution in [-0.4, -0.2) is 5.78 Å². The number of carbonyl (C=O) groups excluding carboxylic acids is 1. The smallest absolute Gasteiger partial charge is 0.154 e. The molecule has 0 aromatic heterocycles. The van der Waals surface area contributed by atoms with Crippen LogP contribution in [0.4, 0.5) is 0 Å². The van der Waals surface area contributed by atoms with Gasteiger partial charge in [0, 0.05) is 11.4 Å². The summed E-state index contributed by atoms with van der Waals surface area (Å²) >= 11 is 5.87. The number of hydrogen-bond donors (Lipinski definition) is 0. The van der Waals surface area contributed by atoms with Crippen molar-refractivity contribution in [1.82, 2.24) is 0 Å². The first kappa shape index (κ1) is 12.1. The average molecular weight is 248 g/mol. The van der Waals surface area contributed by atoms with Crippen LogP contribution in [0.15, 0.2) is 24.3 Å². The van der Waals surface area contributed by atoms with E-state index in [1.54, 1.807) is 24.3 Å². The molecule has 2 rings (SSSR count). The van der Waals surface area contributed by atoms with Gasteiger partial charge in [-0.3, -0.25) is 4.79 Å². The quantitative estimate of drug-likeness (QED) is 0.814. The highest BCUT2D eigenvalue weighted by atomic mass is 35.5. The zero-order valence-corrected chi connectivity index (χ0v) is 10.3. The maximum absolute atomic E-state index is 12.0. The number of ketones is 1. The Morgan fingerprint density at radius 2 is 2.29 bits per heavy atom. The lowest BCUT2D eigenvalue weighted by molar-refractivity contribution is -0.120. The number of halogens is 1. The summed E-state index contributed by atoms with van der Waals surface area (Å²) in [7, 11) is 0. The van der Waals surface area contributed by atoms with Crippen LogP contribution in [-0.2, 0) is 4.79 Å². The van der Waals surface area contributed by atoms with Crippen molar-refractivity contribution >= 4 is 17.4 Å². The molecular weight excluding hydrogens is 234 g/mol. The highest BCUT2D eigenvalue weighted by Crippen LogP contribution is 2.32. The second-order valence-corrected chi connectivity index (χ2v) is 5.02. The lowest BCUT2D eigenvalue weighted by Gasteiger charge is -2.25. The Morgan fingerprint density at radius 1 is 1.53 bits per heavy atom. The molecule has 3 heteroatoms. The lowest BCUT2D eigenvalue weighted by Crippen LogP contribution is -2.20. The van der Waals surface area contributed by atoms with Gasteiger partial charge in [0.25, 0.3) is 0 Å². The summed E-state index contributed by atoms with van der Waals surface area (Å²) < 4.78 is 0. The van der Waals surface area contributed by atoms with E-state index in [1.165, 1.54) is 6.42 Å². The number of benzene rings is 1. The van der Waals surface area contributed by atoms with E-state index in [0.717, 1.165) is 12.8 Å². The highest BCUT2D eigenvalue weighted by molar-refractivity contribution is 6.30. The summed E-state index contributed by atoms with van der Waals surface area (Å²) in [5.41, 5.74) is 0.712. The normalized spacial score (nSPS) is 16.9. The molecule has 1 aliphatic carbocycles. The zero-order valence-electron chi connectivity index (χ0n) is 9.53. The van der Waals surface area contributed by atoms with Gasteiger partial charge in [-0.1, -0.05) is 43.0 Å². The number of Topliss-reactive ketones (excluding diaryl/α,β-unsaturated/α-hetero) is 1. The van der Waals surface area contributed by atoms with E-state index < -0.39 is 5.92 Å². The Hall–Kier alpha value is -1.33. The first-order valence-electron chi connectivity index (χ1n) is 5.88. The number of hydrogen-bond acceptors (Lipinski definition) is 2. The summed E-state index contributed by atoms with van der Waals surface area (Å²) in [4.78, 5) is 12.0. The molecule has 1 atom stereocenters. The summed E-state index contributed by atoms with van der Waals surface area (Å²) in [5.74, 6) is -0.133. The summed E-state index contributed by atoms with van der Waals surface area (Å²) in [6, 6.07) is 9.11. The Morgan fingerprint density at radius 3 is 2.82 bits per heavy atom. The van der Waals surface area contributed by atoms with E-state index in [9.17, 15) is 4.79 Å². The number of nitriles is 1. The number of rotatable bonds is 4. The molecule has 1 saturated carbocycles. The van der Waals surface area contributed by atoms with Gasteiger partial charge in [0.1, 0.15) is 5.92 Å². The minimum atomic E-state index is -0.658. The summed E-state index contributed by atoms with van der Waals surface area (Å²) in [5, 5.41) is 9.70. The highest BCUT2D eigenvalue weighted by Gasteiger charge is 2.26. The predicted octanol–water partition coefficient (Wildman–Crippen LogP) is 3.71. The van der Waals surface area contributed by atoms with Crippen molar-refractivity contribution in [3.63, 3.8) is 0 Å². The van der Waals surface area contributed by atoms with Crippen molar-refractivity contribution in [2.75, 3.05) is 0 Å². The Bertz CT molecular complexity index is 460. The monoisotopic (exact) mass is 247 g/mol. The zero-order chi connectivity index (χ0) is 12.3. The molecule has 0 radical (unpaired) electrons. The van der Waals surface area contributed by atoms with Gasteiger partial charge < -0.3 is 0 Å². The molecular formula is C14H14ClNO. The fraction of sp³-hybridized carbons (Fsp3) is 0.429. The van der Waals surface area contributed by atoms with Crippen molar-refractivity contribution in [3.8, 4) is 6.07 Å². The maximum atomic E-state index is 12.0. The SMILES string of the molecule is N#CC(C(=O)CC1CCC1)c1cccc(Cl)c1. The number of carbonyl (C=O) groups is 1. The van der Waals surface area contributed by atoms with Crippen LogP contribution in [0.3, 0.4) is 0 Å². The number of nitrogens with zero attached hydrogens (tertiary/aromatic N) is 1. The molecule has 1 fully saturated rings. The van der Waals surface area contributed by atoms with Crippen molar-refractivity contribution < 1.29 is 4.79 Å². The molecule has 0 N–H and O–H groups in total. The first-order valence-corrected chi connectivity index (χ1v) is 6.26. The average Bonchev–Trinajstić information content (AvgIpc) is 2.25. The fourth-order valence-electron chi connectivity index (χ4n) is 2.12. The lowest BCUT2D eigenvalue weighted by atomic mass is 9.79. The second kappa shape index (κ2) is 5.33. The van der Waals surface area contributed by atoms with Gasteiger partial charge in [0.2, 0.25) is 0 Å². The van der Waals surface area contributed by atoms with Gasteiger partial charge in [-0.15, -0.1) is 0 Å². The van der Waals surface area contributed by atoms with Gasteiger partial charge in [-0.25, -0.2) is 0 Å². The molecule has 1 aliphatic rings. The van der Waals surface area contributed by atoms with Crippen molar-refractivity contribution in [2.45, 2.75) is 31.6 Å². The predicted molar refractivity (Wildman–Crippen MR) is 66.8 cm³/mol. The molecule has 1 unspecified atom stereocenters. The van der Waals surface area contributed by atoms with E-state index in [1.807, 2.05) is 0 Å². The van der Waals surface area contributed by atoms with Crippen LogP contribution in [0, 0.1) is 17.2 Å². The molecule has 17 heavy (non-hydrogen) atoms. The third kappa shape index (κ3) is 2.87.